The largest absolute Gasteiger partial charge is 0.386 e. The van der Waals surface area contributed by atoms with E-state index in [-0.39, 0.29) is 5.91 Å². The molecule has 0 aliphatic rings. The summed E-state index contributed by atoms with van der Waals surface area (Å²) in [5.74, 6) is -0.211. The maximum atomic E-state index is 10.2. The SMILES string of the molecule is CCCC(N)=O.O=[SiH]c1ccccc1. The van der Waals surface area contributed by atoms with Crippen LogP contribution in [-0.4, -0.2) is 15.3 Å². The quantitative estimate of drug-likeness (QED) is 0.731. The van der Waals surface area contributed by atoms with Crippen LogP contribution in [0.2, 0.25) is 0 Å². The molecule has 0 bridgehead atoms. The van der Waals surface area contributed by atoms with Gasteiger partial charge < -0.3 is 10.2 Å². The first-order chi connectivity index (χ1) is 6.70. The fourth-order valence-corrected chi connectivity index (χ4v) is 1.16. The number of hydrogen-bond acceptors (Lipinski definition) is 2. The zero-order valence-corrected chi connectivity index (χ0v) is 9.43. The summed E-state index contributed by atoms with van der Waals surface area (Å²) < 4.78 is 10.2. The molecule has 0 aromatic heterocycles. The van der Waals surface area contributed by atoms with Gasteiger partial charge in [0.25, 0.3) is 9.41 Å². The van der Waals surface area contributed by atoms with Crippen LogP contribution in [0.15, 0.2) is 30.3 Å². The van der Waals surface area contributed by atoms with Gasteiger partial charge in [-0.1, -0.05) is 37.3 Å². The van der Waals surface area contributed by atoms with E-state index in [0.717, 1.165) is 11.6 Å². The Morgan fingerprint density at radius 2 is 1.93 bits per heavy atom. The average Bonchev–Trinajstić information content (AvgIpc) is 2.20. The van der Waals surface area contributed by atoms with Crippen LogP contribution in [0.5, 0.6) is 0 Å². The Morgan fingerprint density at radius 3 is 2.14 bits per heavy atom. The molecule has 4 heteroatoms. The molecule has 14 heavy (non-hydrogen) atoms. The Morgan fingerprint density at radius 1 is 1.36 bits per heavy atom. The van der Waals surface area contributed by atoms with Crippen molar-refractivity contribution in [3.05, 3.63) is 30.3 Å². The molecule has 0 spiro atoms. The van der Waals surface area contributed by atoms with Gasteiger partial charge in [-0.15, -0.1) is 0 Å². The van der Waals surface area contributed by atoms with E-state index in [1.807, 2.05) is 37.3 Å². The molecule has 0 aliphatic carbocycles. The third-order valence-corrected chi connectivity index (χ3v) is 2.09. The van der Waals surface area contributed by atoms with Crippen molar-refractivity contribution in [1.82, 2.24) is 0 Å². The minimum absolute atomic E-state index is 0.211. The number of rotatable bonds is 3. The van der Waals surface area contributed by atoms with Gasteiger partial charge in [0.15, 0.2) is 0 Å². The fraction of sp³-hybridized carbons (Fsp3) is 0.300. The van der Waals surface area contributed by atoms with Crippen molar-refractivity contribution in [1.29, 1.82) is 0 Å². The monoisotopic (exact) mass is 209 g/mol. The smallest absolute Gasteiger partial charge is 0.296 e. The molecule has 76 valence electrons. The lowest BCUT2D eigenvalue weighted by Crippen LogP contribution is -2.08. The van der Waals surface area contributed by atoms with Crippen LogP contribution in [0, 0.1) is 0 Å². The second-order valence-corrected chi connectivity index (χ2v) is 3.65. The molecule has 0 unspecified atom stereocenters. The van der Waals surface area contributed by atoms with Crippen molar-refractivity contribution >= 4 is 20.5 Å². The molecule has 2 N–H and O–H groups in total. The van der Waals surface area contributed by atoms with E-state index in [1.165, 1.54) is 0 Å². The predicted molar refractivity (Wildman–Crippen MR) is 58.0 cm³/mol. The van der Waals surface area contributed by atoms with Gasteiger partial charge in [0, 0.05) is 6.42 Å². The highest BCUT2D eigenvalue weighted by Gasteiger charge is 1.84. The zero-order chi connectivity index (χ0) is 10.8. The number of benzene rings is 1. The highest BCUT2D eigenvalue weighted by Crippen LogP contribution is 1.79. The Labute approximate surface area is 86.2 Å². The van der Waals surface area contributed by atoms with Crippen LogP contribution in [0.1, 0.15) is 19.8 Å². The van der Waals surface area contributed by atoms with Gasteiger partial charge in [0.2, 0.25) is 5.91 Å². The number of primary amides is 1. The van der Waals surface area contributed by atoms with E-state index >= 15 is 0 Å². The number of hydrogen-bond donors (Lipinski definition) is 1. The van der Waals surface area contributed by atoms with E-state index in [4.69, 9.17) is 5.73 Å². The van der Waals surface area contributed by atoms with Crippen LogP contribution >= 0.6 is 0 Å². The number of amides is 1. The van der Waals surface area contributed by atoms with Gasteiger partial charge in [0.05, 0.1) is 0 Å². The minimum Gasteiger partial charge on any atom is -0.386 e. The first-order valence-corrected chi connectivity index (χ1v) is 5.54. The highest BCUT2D eigenvalue weighted by molar-refractivity contribution is 6.38. The Balaban J connectivity index is 0.000000255. The maximum absolute atomic E-state index is 10.2. The second-order valence-electron chi connectivity index (χ2n) is 2.74. The summed E-state index contributed by atoms with van der Waals surface area (Å²) in [6.45, 7) is 1.92. The number of nitrogens with two attached hydrogens (primary N) is 1. The second kappa shape index (κ2) is 8.31. The average molecular weight is 209 g/mol. The van der Waals surface area contributed by atoms with E-state index in [1.54, 1.807) is 0 Å². The van der Waals surface area contributed by atoms with Crippen molar-refractivity contribution in [3.63, 3.8) is 0 Å². The lowest BCUT2D eigenvalue weighted by molar-refractivity contribution is -0.118. The molecule has 1 aromatic carbocycles. The summed E-state index contributed by atoms with van der Waals surface area (Å²) in [7, 11) is -0.739. The fourth-order valence-electron chi connectivity index (χ4n) is 0.778. The molecule has 1 rings (SSSR count). The molecule has 0 saturated heterocycles. The van der Waals surface area contributed by atoms with Crippen LogP contribution in [0.25, 0.3) is 0 Å². The summed E-state index contributed by atoms with van der Waals surface area (Å²) in [6, 6.07) is 9.42. The van der Waals surface area contributed by atoms with Crippen molar-refractivity contribution in [2.24, 2.45) is 5.73 Å². The van der Waals surface area contributed by atoms with Crippen LogP contribution in [-0.2, 0) is 9.26 Å². The maximum Gasteiger partial charge on any atom is 0.296 e. The molecule has 0 aliphatic heterocycles. The number of carbonyl (C=O) groups excluding carboxylic acids is 1. The van der Waals surface area contributed by atoms with Crippen LogP contribution in [0.3, 0.4) is 0 Å². The molecular weight excluding hydrogens is 194 g/mol. The summed E-state index contributed by atoms with van der Waals surface area (Å²) in [6.07, 6.45) is 1.37. The van der Waals surface area contributed by atoms with Crippen molar-refractivity contribution < 1.29 is 9.26 Å². The molecule has 0 fully saturated rings. The van der Waals surface area contributed by atoms with Gasteiger partial charge in [-0.3, -0.25) is 4.79 Å². The van der Waals surface area contributed by atoms with Crippen molar-refractivity contribution in [2.75, 3.05) is 0 Å². The topological polar surface area (TPSA) is 60.2 Å². The third kappa shape index (κ3) is 7.36. The van der Waals surface area contributed by atoms with Gasteiger partial charge in [-0.25, -0.2) is 0 Å². The van der Waals surface area contributed by atoms with E-state index in [2.05, 4.69) is 0 Å². The molecule has 3 nitrogen and oxygen atoms in total. The molecule has 0 saturated carbocycles. The summed E-state index contributed by atoms with van der Waals surface area (Å²) >= 11 is 0. The Kier molecular flexibility index (Phi) is 7.54. The van der Waals surface area contributed by atoms with Crippen LogP contribution < -0.4 is 10.9 Å². The Bertz CT molecular complexity index is 275. The lowest BCUT2D eigenvalue weighted by atomic mass is 10.3. The normalized spacial score (nSPS) is 8.36. The molecule has 0 atom stereocenters. The number of carbonyl (C=O) groups is 1. The predicted octanol–water partition coefficient (Wildman–Crippen LogP) is 0.366. The zero-order valence-electron chi connectivity index (χ0n) is 8.27. The van der Waals surface area contributed by atoms with Gasteiger partial charge >= 0.3 is 0 Å². The minimum atomic E-state index is -0.739. The first-order valence-electron chi connectivity index (χ1n) is 4.49. The van der Waals surface area contributed by atoms with Crippen molar-refractivity contribution in [2.45, 2.75) is 19.8 Å². The summed E-state index contributed by atoms with van der Waals surface area (Å²) in [5.41, 5.74) is 4.76. The van der Waals surface area contributed by atoms with Crippen molar-refractivity contribution in [3.8, 4) is 0 Å². The lowest BCUT2D eigenvalue weighted by Gasteiger charge is -1.81. The van der Waals surface area contributed by atoms with E-state index < -0.39 is 9.41 Å². The standard InChI is InChI=1S/C6H6OSi.C4H9NO/c7-8-6-4-2-1-3-5-6;1-2-3-4(5)6/h1-5,8H;2-3H2,1H3,(H2,5,6). The molecule has 0 heterocycles. The van der Waals surface area contributed by atoms with E-state index in [9.17, 15) is 9.26 Å². The summed E-state index contributed by atoms with van der Waals surface area (Å²) in [4.78, 5) is 9.82. The molecule has 1 aromatic rings. The Hall–Kier alpha value is -1.29. The molecular formula is C10H15NO2Si. The van der Waals surface area contributed by atoms with Gasteiger partial charge in [-0.2, -0.15) is 0 Å². The third-order valence-electron chi connectivity index (χ3n) is 1.43. The van der Waals surface area contributed by atoms with Crippen LogP contribution in [0.4, 0.5) is 0 Å². The highest BCUT2D eigenvalue weighted by atomic mass is 28.2. The molecule has 0 radical (unpaired) electrons. The van der Waals surface area contributed by atoms with Gasteiger partial charge in [-0.05, 0) is 11.6 Å². The summed E-state index contributed by atoms with van der Waals surface area (Å²) in [5, 5.41) is 0.938. The first kappa shape index (κ1) is 12.7. The van der Waals surface area contributed by atoms with E-state index in [0.29, 0.717) is 6.42 Å². The van der Waals surface area contributed by atoms with Gasteiger partial charge in [0.1, 0.15) is 0 Å². The molecule has 1 amide bonds.